The van der Waals surface area contributed by atoms with Crippen LogP contribution in [-0.4, -0.2) is 5.54 Å². The van der Waals surface area contributed by atoms with E-state index in [9.17, 15) is 4.39 Å². The van der Waals surface area contributed by atoms with Crippen molar-refractivity contribution in [3.63, 3.8) is 0 Å². The summed E-state index contributed by atoms with van der Waals surface area (Å²) in [5.74, 6) is 2.81. The molecule has 5 rings (SSSR count). The summed E-state index contributed by atoms with van der Waals surface area (Å²) in [7, 11) is 0. The zero-order chi connectivity index (χ0) is 13.7. The highest BCUT2D eigenvalue weighted by Gasteiger charge is 2.50. The van der Waals surface area contributed by atoms with Crippen LogP contribution in [0.2, 0.25) is 0 Å². The van der Waals surface area contributed by atoms with Crippen LogP contribution in [0.4, 0.5) is 4.39 Å². The molecule has 0 spiro atoms. The Morgan fingerprint density at radius 2 is 1.70 bits per heavy atom. The molecule has 4 aliphatic rings. The molecule has 4 aliphatic carbocycles. The van der Waals surface area contributed by atoms with Crippen molar-refractivity contribution in [2.24, 2.45) is 17.8 Å². The summed E-state index contributed by atoms with van der Waals surface area (Å²) in [6.07, 6.45) is 8.48. The van der Waals surface area contributed by atoms with Gasteiger partial charge in [0.05, 0.1) is 0 Å². The van der Waals surface area contributed by atoms with Gasteiger partial charge in [-0.05, 0) is 80.4 Å². The number of halogens is 1. The molecular formula is C18H24FN. The van der Waals surface area contributed by atoms with Crippen molar-refractivity contribution in [2.45, 2.75) is 57.5 Å². The van der Waals surface area contributed by atoms with Gasteiger partial charge in [0.1, 0.15) is 5.82 Å². The first-order chi connectivity index (χ1) is 9.62. The Hall–Kier alpha value is -0.890. The number of rotatable bonds is 3. The first-order valence-electron chi connectivity index (χ1n) is 8.12. The first kappa shape index (κ1) is 12.8. The minimum atomic E-state index is -0.0742. The second-order valence-electron chi connectivity index (χ2n) is 7.63. The van der Waals surface area contributed by atoms with E-state index in [1.807, 2.05) is 13.0 Å². The molecular weight excluding hydrogens is 249 g/mol. The standard InChI is InChI=1S/C18H24FN/c1-12-2-3-13(7-17(12)19)11-20-18-8-14-4-15(9-18)6-16(5-14)10-18/h2-3,7,14-16,20H,4-6,8-11H2,1H3. The summed E-state index contributed by atoms with van der Waals surface area (Å²) < 4.78 is 13.6. The molecule has 0 atom stereocenters. The Bertz CT molecular complexity index is 487. The second kappa shape index (κ2) is 4.56. The molecule has 0 saturated heterocycles. The Morgan fingerprint density at radius 3 is 2.25 bits per heavy atom. The fourth-order valence-corrected chi connectivity index (χ4v) is 5.36. The summed E-state index contributed by atoms with van der Waals surface area (Å²) in [5, 5.41) is 3.82. The van der Waals surface area contributed by atoms with E-state index in [0.29, 0.717) is 5.54 Å². The van der Waals surface area contributed by atoms with Gasteiger partial charge in [0.25, 0.3) is 0 Å². The van der Waals surface area contributed by atoms with Gasteiger partial charge < -0.3 is 5.32 Å². The molecule has 2 heteroatoms. The molecule has 0 aromatic heterocycles. The third-order valence-electron chi connectivity index (χ3n) is 5.94. The smallest absolute Gasteiger partial charge is 0.126 e. The van der Waals surface area contributed by atoms with Crippen LogP contribution in [0, 0.1) is 30.5 Å². The predicted octanol–water partition coefficient (Wildman–Crippen LogP) is 4.19. The molecule has 0 aliphatic heterocycles. The molecule has 4 saturated carbocycles. The molecule has 0 amide bonds. The SMILES string of the molecule is Cc1ccc(CNC23CC4CC(CC(C4)C2)C3)cc1F. The fourth-order valence-electron chi connectivity index (χ4n) is 5.36. The predicted molar refractivity (Wildman–Crippen MR) is 78.9 cm³/mol. The molecule has 4 fully saturated rings. The van der Waals surface area contributed by atoms with Crippen LogP contribution in [0.15, 0.2) is 18.2 Å². The topological polar surface area (TPSA) is 12.0 Å². The highest BCUT2D eigenvalue weighted by molar-refractivity contribution is 5.23. The number of benzene rings is 1. The molecule has 0 unspecified atom stereocenters. The quantitative estimate of drug-likeness (QED) is 0.870. The Kier molecular flexibility index (Phi) is 2.92. The van der Waals surface area contributed by atoms with Crippen LogP contribution in [0.5, 0.6) is 0 Å². The average molecular weight is 273 g/mol. The van der Waals surface area contributed by atoms with Gasteiger partial charge >= 0.3 is 0 Å². The number of hydrogen-bond donors (Lipinski definition) is 1. The molecule has 108 valence electrons. The van der Waals surface area contributed by atoms with Crippen LogP contribution >= 0.6 is 0 Å². The molecule has 1 nitrogen and oxygen atoms in total. The zero-order valence-corrected chi connectivity index (χ0v) is 12.3. The van der Waals surface area contributed by atoms with Crippen molar-refractivity contribution in [1.82, 2.24) is 5.32 Å². The summed E-state index contributed by atoms with van der Waals surface area (Å²) in [6.45, 7) is 2.65. The van der Waals surface area contributed by atoms with Crippen LogP contribution in [0.1, 0.15) is 49.7 Å². The van der Waals surface area contributed by atoms with Gasteiger partial charge in [-0.25, -0.2) is 4.39 Å². The van der Waals surface area contributed by atoms with Crippen LogP contribution in [0.25, 0.3) is 0 Å². The molecule has 1 N–H and O–H groups in total. The van der Waals surface area contributed by atoms with E-state index in [2.05, 4.69) is 11.4 Å². The third kappa shape index (κ3) is 2.18. The van der Waals surface area contributed by atoms with Crippen LogP contribution < -0.4 is 5.32 Å². The Morgan fingerprint density at radius 1 is 1.10 bits per heavy atom. The lowest BCUT2D eigenvalue weighted by atomic mass is 9.53. The van der Waals surface area contributed by atoms with E-state index in [-0.39, 0.29) is 5.82 Å². The number of aryl methyl sites for hydroxylation is 1. The van der Waals surface area contributed by atoms with E-state index in [4.69, 9.17) is 0 Å². The summed E-state index contributed by atoms with van der Waals surface area (Å²) >= 11 is 0. The highest BCUT2D eigenvalue weighted by Crippen LogP contribution is 2.55. The zero-order valence-electron chi connectivity index (χ0n) is 12.3. The van der Waals surface area contributed by atoms with E-state index in [1.165, 1.54) is 38.5 Å². The van der Waals surface area contributed by atoms with Crippen molar-refractivity contribution in [1.29, 1.82) is 0 Å². The average Bonchev–Trinajstić information content (AvgIpc) is 2.39. The molecule has 0 heterocycles. The van der Waals surface area contributed by atoms with Crippen LogP contribution in [0.3, 0.4) is 0 Å². The first-order valence-corrected chi connectivity index (χ1v) is 8.12. The lowest BCUT2D eigenvalue weighted by Gasteiger charge is -2.57. The number of hydrogen-bond acceptors (Lipinski definition) is 1. The van der Waals surface area contributed by atoms with Gasteiger partial charge in [0.2, 0.25) is 0 Å². The highest BCUT2D eigenvalue weighted by atomic mass is 19.1. The van der Waals surface area contributed by atoms with E-state index < -0.39 is 0 Å². The van der Waals surface area contributed by atoms with Gasteiger partial charge in [-0.1, -0.05) is 12.1 Å². The molecule has 1 aromatic carbocycles. The normalized spacial score (nSPS) is 38.4. The van der Waals surface area contributed by atoms with Crippen molar-refractivity contribution in [3.05, 3.63) is 35.1 Å². The molecule has 20 heavy (non-hydrogen) atoms. The van der Waals surface area contributed by atoms with Crippen molar-refractivity contribution in [3.8, 4) is 0 Å². The second-order valence-corrected chi connectivity index (χ2v) is 7.63. The maximum atomic E-state index is 13.6. The van der Waals surface area contributed by atoms with Gasteiger partial charge in [-0.2, -0.15) is 0 Å². The van der Waals surface area contributed by atoms with Gasteiger partial charge in [0.15, 0.2) is 0 Å². The lowest BCUT2D eigenvalue weighted by Crippen LogP contribution is -2.58. The van der Waals surface area contributed by atoms with Gasteiger partial charge in [0, 0.05) is 12.1 Å². The fraction of sp³-hybridized carbons (Fsp3) is 0.667. The van der Waals surface area contributed by atoms with E-state index >= 15 is 0 Å². The van der Waals surface area contributed by atoms with Gasteiger partial charge in [-0.15, -0.1) is 0 Å². The van der Waals surface area contributed by atoms with E-state index in [1.54, 1.807) is 6.07 Å². The molecule has 1 aromatic rings. The van der Waals surface area contributed by atoms with Crippen LogP contribution in [-0.2, 0) is 6.54 Å². The summed E-state index contributed by atoms with van der Waals surface area (Å²) in [6, 6.07) is 5.65. The van der Waals surface area contributed by atoms with Crippen molar-refractivity contribution < 1.29 is 4.39 Å². The Balaban J connectivity index is 1.47. The minimum Gasteiger partial charge on any atom is -0.307 e. The summed E-state index contributed by atoms with van der Waals surface area (Å²) in [5.41, 5.74) is 2.20. The van der Waals surface area contributed by atoms with Crippen molar-refractivity contribution in [2.75, 3.05) is 0 Å². The monoisotopic (exact) mass is 273 g/mol. The maximum Gasteiger partial charge on any atom is 0.126 e. The molecule has 0 radical (unpaired) electrons. The lowest BCUT2D eigenvalue weighted by molar-refractivity contribution is -0.0206. The molecule has 4 bridgehead atoms. The Labute approximate surface area is 121 Å². The third-order valence-corrected chi connectivity index (χ3v) is 5.94. The summed E-state index contributed by atoms with van der Waals surface area (Å²) in [4.78, 5) is 0. The largest absolute Gasteiger partial charge is 0.307 e. The van der Waals surface area contributed by atoms with Crippen molar-refractivity contribution >= 4 is 0 Å². The van der Waals surface area contributed by atoms with E-state index in [0.717, 1.165) is 35.4 Å². The maximum absolute atomic E-state index is 13.6. The number of nitrogens with one attached hydrogen (secondary N) is 1. The minimum absolute atomic E-state index is 0.0742. The van der Waals surface area contributed by atoms with Gasteiger partial charge in [-0.3, -0.25) is 0 Å².